The fraction of sp³-hybridized carbons (Fsp3) is 0.842. The van der Waals surface area contributed by atoms with Gasteiger partial charge in [-0.15, -0.1) is 0 Å². The highest BCUT2D eigenvalue weighted by Crippen LogP contribution is 2.19. The first-order valence-electron chi connectivity index (χ1n) is 9.83. The van der Waals surface area contributed by atoms with Gasteiger partial charge in [-0.1, -0.05) is 0 Å². The number of likely N-dealkylation sites (N-methyl/N-ethyl adjacent to an activating group) is 1. The van der Waals surface area contributed by atoms with Gasteiger partial charge >= 0.3 is 0 Å². The molecule has 154 valence electrons. The highest BCUT2D eigenvalue weighted by molar-refractivity contribution is 5.84. The molecule has 0 bridgehead atoms. The standard InChI is InChI=1S/C19H35N5O3/c1-19(2,3)20-16(25)13-22-9-11-23(12-10-22)17(26)14-24-8-6-7-15(24)18(27)21(4)5/h15H,6-14H2,1-5H3,(H,20,25). The molecule has 2 aliphatic heterocycles. The van der Waals surface area contributed by atoms with Crippen molar-refractivity contribution in [2.75, 3.05) is 59.9 Å². The number of rotatable bonds is 5. The van der Waals surface area contributed by atoms with Gasteiger partial charge in [-0.05, 0) is 40.2 Å². The van der Waals surface area contributed by atoms with Crippen molar-refractivity contribution in [2.45, 2.75) is 45.2 Å². The van der Waals surface area contributed by atoms with Crippen LogP contribution < -0.4 is 5.32 Å². The van der Waals surface area contributed by atoms with Crippen molar-refractivity contribution in [2.24, 2.45) is 0 Å². The van der Waals surface area contributed by atoms with Gasteiger partial charge in [0.05, 0.1) is 19.1 Å². The van der Waals surface area contributed by atoms with E-state index in [-0.39, 0.29) is 29.3 Å². The minimum absolute atomic E-state index is 0.0179. The number of amides is 3. The van der Waals surface area contributed by atoms with E-state index in [0.717, 1.165) is 19.4 Å². The van der Waals surface area contributed by atoms with E-state index < -0.39 is 0 Å². The molecule has 2 heterocycles. The molecule has 8 nitrogen and oxygen atoms in total. The van der Waals surface area contributed by atoms with Crippen LogP contribution in [0.25, 0.3) is 0 Å². The zero-order chi connectivity index (χ0) is 20.2. The first kappa shape index (κ1) is 21.6. The van der Waals surface area contributed by atoms with Crippen molar-refractivity contribution in [1.29, 1.82) is 0 Å². The Morgan fingerprint density at radius 2 is 1.63 bits per heavy atom. The third kappa shape index (κ3) is 6.46. The van der Waals surface area contributed by atoms with Crippen LogP contribution in [0.5, 0.6) is 0 Å². The Labute approximate surface area is 162 Å². The van der Waals surface area contributed by atoms with E-state index in [1.54, 1.807) is 19.0 Å². The van der Waals surface area contributed by atoms with Crippen LogP contribution in [0.4, 0.5) is 0 Å². The lowest BCUT2D eigenvalue weighted by Gasteiger charge is -2.36. The minimum atomic E-state index is -0.231. The Morgan fingerprint density at radius 3 is 2.19 bits per heavy atom. The smallest absolute Gasteiger partial charge is 0.239 e. The summed E-state index contributed by atoms with van der Waals surface area (Å²) in [6.45, 7) is 10.0. The lowest BCUT2D eigenvalue weighted by molar-refractivity contribution is -0.137. The van der Waals surface area contributed by atoms with Crippen molar-refractivity contribution in [3.63, 3.8) is 0 Å². The molecular formula is C19H35N5O3. The number of hydrogen-bond donors (Lipinski definition) is 1. The highest BCUT2D eigenvalue weighted by Gasteiger charge is 2.34. The van der Waals surface area contributed by atoms with E-state index in [2.05, 4.69) is 10.2 Å². The third-order valence-electron chi connectivity index (χ3n) is 5.03. The molecule has 2 rings (SSSR count). The number of hydrogen-bond acceptors (Lipinski definition) is 5. The molecule has 1 unspecified atom stereocenters. The molecule has 0 aromatic rings. The van der Waals surface area contributed by atoms with Gasteiger partial charge in [0.25, 0.3) is 0 Å². The van der Waals surface area contributed by atoms with Gasteiger partial charge in [0.1, 0.15) is 0 Å². The van der Waals surface area contributed by atoms with Gasteiger partial charge < -0.3 is 15.1 Å². The van der Waals surface area contributed by atoms with E-state index >= 15 is 0 Å². The van der Waals surface area contributed by atoms with Crippen molar-refractivity contribution in [3.05, 3.63) is 0 Å². The SMILES string of the molecule is CN(C)C(=O)C1CCCN1CC(=O)N1CCN(CC(=O)NC(C)(C)C)CC1. The largest absolute Gasteiger partial charge is 0.350 e. The molecule has 2 saturated heterocycles. The zero-order valence-corrected chi connectivity index (χ0v) is 17.5. The lowest BCUT2D eigenvalue weighted by Crippen LogP contribution is -2.55. The second kappa shape index (κ2) is 9.01. The molecule has 0 aliphatic carbocycles. The second-order valence-corrected chi connectivity index (χ2v) is 8.82. The molecule has 1 N–H and O–H groups in total. The number of likely N-dealkylation sites (tertiary alicyclic amines) is 1. The molecule has 0 aromatic carbocycles. The molecule has 3 amide bonds. The normalized spacial score (nSPS) is 22.0. The summed E-state index contributed by atoms with van der Waals surface area (Å²) in [5.74, 6) is 0.173. The average molecular weight is 382 g/mol. The second-order valence-electron chi connectivity index (χ2n) is 8.82. The van der Waals surface area contributed by atoms with E-state index in [9.17, 15) is 14.4 Å². The van der Waals surface area contributed by atoms with Gasteiger partial charge in [-0.3, -0.25) is 24.2 Å². The Balaban J connectivity index is 1.78. The van der Waals surface area contributed by atoms with Crippen LogP contribution in [0.1, 0.15) is 33.6 Å². The average Bonchev–Trinajstić information content (AvgIpc) is 3.00. The summed E-state index contributed by atoms with van der Waals surface area (Å²) in [6, 6.07) is -0.175. The summed E-state index contributed by atoms with van der Waals surface area (Å²) in [7, 11) is 3.52. The summed E-state index contributed by atoms with van der Waals surface area (Å²) in [6.07, 6.45) is 1.77. The molecule has 0 saturated carbocycles. The quantitative estimate of drug-likeness (QED) is 0.701. The van der Waals surface area contributed by atoms with Crippen LogP contribution in [0.2, 0.25) is 0 Å². The first-order valence-corrected chi connectivity index (χ1v) is 9.83. The summed E-state index contributed by atoms with van der Waals surface area (Å²) in [4.78, 5) is 44.5. The van der Waals surface area contributed by atoms with Crippen LogP contribution in [0.3, 0.4) is 0 Å². The van der Waals surface area contributed by atoms with Crippen LogP contribution in [0, 0.1) is 0 Å². The van der Waals surface area contributed by atoms with E-state index in [0.29, 0.717) is 39.3 Å². The van der Waals surface area contributed by atoms with Crippen LogP contribution in [-0.4, -0.2) is 109 Å². The molecule has 2 aliphatic rings. The van der Waals surface area contributed by atoms with E-state index in [4.69, 9.17) is 0 Å². The zero-order valence-electron chi connectivity index (χ0n) is 17.5. The van der Waals surface area contributed by atoms with Crippen molar-refractivity contribution < 1.29 is 14.4 Å². The highest BCUT2D eigenvalue weighted by atomic mass is 16.2. The monoisotopic (exact) mass is 381 g/mol. The fourth-order valence-corrected chi connectivity index (χ4v) is 3.68. The summed E-state index contributed by atoms with van der Waals surface area (Å²) < 4.78 is 0. The van der Waals surface area contributed by atoms with Crippen LogP contribution in [0.15, 0.2) is 0 Å². The minimum Gasteiger partial charge on any atom is -0.350 e. The number of carbonyl (C=O) groups excluding carboxylic acids is 3. The van der Waals surface area contributed by atoms with Crippen LogP contribution >= 0.6 is 0 Å². The molecule has 0 aromatic heterocycles. The number of nitrogens with one attached hydrogen (secondary N) is 1. The number of carbonyl (C=O) groups is 3. The maximum Gasteiger partial charge on any atom is 0.239 e. The lowest BCUT2D eigenvalue weighted by atomic mass is 10.1. The predicted octanol–water partition coefficient (Wildman–Crippen LogP) is -0.402. The molecule has 27 heavy (non-hydrogen) atoms. The maximum atomic E-state index is 12.7. The van der Waals surface area contributed by atoms with Gasteiger partial charge in [-0.25, -0.2) is 0 Å². The Bertz CT molecular complexity index is 550. The molecule has 0 radical (unpaired) electrons. The number of nitrogens with zero attached hydrogens (tertiary/aromatic N) is 4. The van der Waals surface area contributed by atoms with Crippen molar-refractivity contribution in [1.82, 2.24) is 24.9 Å². The summed E-state index contributed by atoms with van der Waals surface area (Å²) >= 11 is 0. The first-order chi connectivity index (χ1) is 12.6. The van der Waals surface area contributed by atoms with Crippen molar-refractivity contribution in [3.8, 4) is 0 Å². The van der Waals surface area contributed by atoms with E-state index in [1.165, 1.54) is 0 Å². The predicted molar refractivity (Wildman–Crippen MR) is 104 cm³/mol. The van der Waals surface area contributed by atoms with Gasteiger partial charge in [0.15, 0.2) is 0 Å². The van der Waals surface area contributed by atoms with Gasteiger partial charge in [-0.2, -0.15) is 0 Å². The summed E-state index contributed by atoms with van der Waals surface area (Å²) in [5.41, 5.74) is -0.231. The molecule has 0 spiro atoms. The molecule has 2 fully saturated rings. The topological polar surface area (TPSA) is 76.2 Å². The summed E-state index contributed by atoms with van der Waals surface area (Å²) in [5, 5.41) is 2.97. The molecular weight excluding hydrogens is 346 g/mol. The van der Waals surface area contributed by atoms with E-state index in [1.807, 2.05) is 30.6 Å². The van der Waals surface area contributed by atoms with Crippen LogP contribution in [-0.2, 0) is 14.4 Å². The number of piperazine rings is 1. The Hall–Kier alpha value is -1.67. The fourth-order valence-electron chi connectivity index (χ4n) is 3.68. The van der Waals surface area contributed by atoms with Gasteiger partial charge in [0.2, 0.25) is 17.7 Å². The van der Waals surface area contributed by atoms with Crippen molar-refractivity contribution >= 4 is 17.7 Å². The van der Waals surface area contributed by atoms with Gasteiger partial charge in [0, 0.05) is 45.8 Å². The maximum absolute atomic E-state index is 12.7. The Kier molecular flexibility index (Phi) is 7.22. The molecule has 8 heteroatoms. The molecule has 1 atom stereocenters. The Morgan fingerprint density at radius 1 is 1.00 bits per heavy atom. The third-order valence-corrected chi connectivity index (χ3v) is 5.03.